The number of anilines is 1. The summed E-state index contributed by atoms with van der Waals surface area (Å²) in [7, 11) is 1.60. The fraction of sp³-hybridized carbons (Fsp3) is 0.500. The lowest BCUT2D eigenvalue weighted by Crippen LogP contribution is -2.50. The van der Waals surface area contributed by atoms with Gasteiger partial charge < -0.3 is 24.8 Å². The highest BCUT2D eigenvalue weighted by Crippen LogP contribution is 2.38. The lowest BCUT2D eigenvalue weighted by Gasteiger charge is -2.40. The van der Waals surface area contributed by atoms with E-state index in [1.54, 1.807) is 26.3 Å². The normalized spacial score (nSPS) is 21.3. The Kier molecular flexibility index (Phi) is 7.67. The molecule has 1 aromatic carbocycles. The fourth-order valence-corrected chi connectivity index (χ4v) is 5.29. The van der Waals surface area contributed by atoms with Crippen molar-refractivity contribution in [2.75, 3.05) is 25.2 Å². The average molecular weight is 468 g/mol. The van der Waals surface area contributed by atoms with Gasteiger partial charge in [-0.3, -0.25) is 4.79 Å². The van der Waals surface area contributed by atoms with Gasteiger partial charge in [-0.05, 0) is 69.7 Å². The summed E-state index contributed by atoms with van der Waals surface area (Å²) in [5.74, 6) is 1.08. The van der Waals surface area contributed by atoms with Crippen molar-refractivity contribution in [3.63, 3.8) is 0 Å². The van der Waals surface area contributed by atoms with Crippen molar-refractivity contribution >= 4 is 17.7 Å². The number of aliphatic hydroxyl groups is 1. The summed E-state index contributed by atoms with van der Waals surface area (Å²) in [6, 6.07) is 9.83. The number of carbonyl (C=O) groups excluding carboxylic acids is 2. The number of amides is 1. The van der Waals surface area contributed by atoms with Crippen LogP contribution in [0.2, 0.25) is 0 Å². The van der Waals surface area contributed by atoms with E-state index in [0.29, 0.717) is 48.4 Å². The number of ether oxygens (including phenoxy) is 2. The van der Waals surface area contributed by atoms with Crippen molar-refractivity contribution in [3.8, 4) is 5.75 Å². The van der Waals surface area contributed by atoms with E-state index in [2.05, 4.69) is 15.2 Å². The van der Waals surface area contributed by atoms with E-state index < -0.39 is 0 Å². The standard InChI is InChI=1S/C26H33N3O5/c1-3-34-26(32)17-9-12-24(27-16-17)29-19-10-11-20(29)15-18(14-19)28-25(31)22-6-4-8-23(33-2)21(22)7-5-13-30/h4,6,8-9,12,16,18-20,30H,3,5,7,10-11,13-15H2,1-2H3,(H,28,31)/t18?,19-,20+. The first-order chi connectivity index (χ1) is 16.5. The third-order valence-corrected chi connectivity index (χ3v) is 6.77. The minimum Gasteiger partial charge on any atom is -0.496 e. The first-order valence-electron chi connectivity index (χ1n) is 12.0. The largest absolute Gasteiger partial charge is 0.496 e. The molecule has 2 N–H and O–H groups in total. The fourth-order valence-electron chi connectivity index (χ4n) is 5.29. The maximum absolute atomic E-state index is 13.2. The summed E-state index contributed by atoms with van der Waals surface area (Å²) in [6.07, 6.45) is 6.54. The van der Waals surface area contributed by atoms with E-state index in [1.165, 1.54) is 0 Å². The molecule has 2 aliphatic rings. The summed E-state index contributed by atoms with van der Waals surface area (Å²) < 4.78 is 10.5. The molecule has 182 valence electrons. The molecular weight excluding hydrogens is 434 g/mol. The molecule has 1 unspecified atom stereocenters. The summed E-state index contributed by atoms with van der Waals surface area (Å²) in [5, 5.41) is 12.5. The Bertz CT molecular complexity index is 996. The maximum Gasteiger partial charge on any atom is 0.339 e. The number of aromatic nitrogens is 1. The lowest BCUT2D eigenvalue weighted by atomic mass is 9.95. The number of pyridine rings is 1. The highest BCUT2D eigenvalue weighted by Gasteiger charge is 2.42. The molecule has 4 rings (SSSR count). The quantitative estimate of drug-likeness (QED) is 0.547. The second kappa shape index (κ2) is 10.9. The smallest absolute Gasteiger partial charge is 0.339 e. The Labute approximate surface area is 200 Å². The van der Waals surface area contributed by atoms with Crippen LogP contribution < -0.4 is 15.0 Å². The predicted molar refractivity (Wildman–Crippen MR) is 128 cm³/mol. The molecule has 0 aliphatic carbocycles. The minimum atomic E-state index is -0.359. The topological polar surface area (TPSA) is 101 Å². The molecule has 2 fully saturated rings. The zero-order chi connectivity index (χ0) is 24.1. The van der Waals surface area contributed by atoms with Crippen molar-refractivity contribution in [2.45, 2.75) is 63.6 Å². The number of fused-ring (bicyclic) bond motifs is 2. The molecule has 0 saturated carbocycles. The van der Waals surface area contributed by atoms with Crippen molar-refractivity contribution in [3.05, 3.63) is 53.2 Å². The van der Waals surface area contributed by atoms with E-state index in [4.69, 9.17) is 9.47 Å². The van der Waals surface area contributed by atoms with Gasteiger partial charge in [-0.1, -0.05) is 6.07 Å². The average Bonchev–Trinajstić information content (AvgIpc) is 3.12. The summed E-state index contributed by atoms with van der Waals surface area (Å²) in [5.41, 5.74) is 1.90. The van der Waals surface area contributed by atoms with E-state index in [0.717, 1.165) is 37.1 Å². The molecule has 8 heteroatoms. The van der Waals surface area contributed by atoms with Gasteiger partial charge in [0.2, 0.25) is 0 Å². The van der Waals surface area contributed by atoms with E-state index >= 15 is 0 Å². The molecule has 8 nitrogen and oxygen atoms in total. The number of hydrogen-bond donors (Lipinski definition) is 2. The van der Waals surface area contributed by atoms with Crippen molar-refractivity contribution < 1.29 is 24.2 Å². The number of hydrogen-bond acceptors (Lipinski definition) is 7. The second-order valence-electron chi connectivity index (χ2n) is 8.87. The zero-order valence-electron chi connectivity index (χ0n) is 19.8. The van der Waals surface area contributed by atoms with Gasteiger partial charge in [-0.15, -0.1) is 0 Å². The third-order valence-electron chi connectivity index (χ3n) is 6.77. The van der Waals surface area contributed by atoms with Gasteiger partial charge in [-0.2, -0.15) is 0 Å². The third kappa shape index (κ3) is 5.01. The van der Waals surface area contributed by atoms with Crippen molar-refractivity contribution in [2.24, 2.45) is 0 Å². The molecule has 0 radical (unpaired) electrons. The maximum atomic E-state index is 13.2. The van der Waals surface area contributed by atoms with Crippen LogP contribution in [0.4, 0.5) is 5.82 Å². The summed E-state index contributed by atoms with van der Waals surface area (Å²) in [6.45, 7) is 2.18. The molecule has 1 aromatic heterocycles. The monoisotopic (exact) mass is 467 g/mol. The summed E-state index contributed by atoms with van der Waals surface area (Å²) >= 11 is 0. The van der Waals surface area contributed by atoms with Crippen LogP contribution >= 0.6 is 0 Å². The van der Waals surface area contributed by atoms with Crippen LogP contribution in [0.25, 0.3) is 0 Å². The van der Waals surface area contributed by atoms with Gasteiger partial charge in [0.05, 0.1) is 19.3 Å². The van der Waals surface area contributed by atoms with Crippen LogP contribution in [0.3, 0.4) is 0 Å². The number of rotatable bonds is 9. The van der Waals surface area contributed by atoms with E-state index in [-0.39, 0.29) is 24.5 Å². The summed E-state index contributed by atoms with van der Waals surface area (Å²) in [4.78, 5) is 32.0. The highest BCUT2D eigenvalue weighted by atomic mass is 16.5. The number of esters is 1. The molecule has 2 aliphatic heterocycles. The van der Waals surface area contributed by atoms with Crippen molar-refractivity contribution in [1.29, 1.82) is 0 Å². The van der Waals surface area contributed by atoms with Gasteiger partial charge >= 0.3 is 5.97 Å². The molecular formula is C26H33N3O5. The zero-order valence-corrected chi connectivity index (χ0v) is 19.8. The van der Waals surface area contributed by atoms with Crippen LogP contribution in [-0.4, -0.2) is 60.4 Å². The minimum absolute atomic E-state index is 0.0652. The van der Waals surface area contributed by atoms with Crippen LogP contribution in [0.15, 0.2) is 36.5 Å². The molecule has 3 atom stereocenters. The molecule has 3 heterocycles. The first kappa shape index (κ1) is 24.0. The van der Waals surface area contributed by atoms with Crippen LogP contribution in [-0.2, 0) is 11.2 Å². The number of nitrogens with zero attached hydrogens (tertiary/aromatic N) is 2. The number of carbonyl (C=O) groups is 2. The van der Waals surface area contributed by atoms with Crippen LogP contribution in [0.1, 0.15) is 65.3 Å². The second-order valence-corrected chi connectivity index (χ2v) is 8.87. The van der Waals surface area contributed by atoms with Gasteiger partial charge in [0, 0.05) is 42.1 Å². The first-order valence-corrected chi connectivity index (χ1v) is 12.0. The van der Waals surface area contributed by atoms with E-state index in [1.807, 2.05) is 24.3 Å². The Balaban J connectivity index is 1.43. The number of piperidine rings is 1. The van der Waals surface area contributed by atoms with Crippen LogP contribution in [0, 0.1) is 0 Å². The Hall–Kier alpha value is -3.13. The Morgan fingerprint density at radius 1 is 1.18 bits per heavy atom. The number of benzene rings is 1. The van der Waals surface area contributed by atoms with Crippen LogP contribution in [0.5, 0.6) is 5.75 Å². The SMILES string of the molecule is CCOC(=O)c1ccc(N2[C@@H]3CC[C@H]2CC(NC(=O)c2cccc(OC)c2CCCO)C3)nc1. The predicted octanol–water partition coefficient (Wildman–Crippen LogP) is 3.12. The van der Waals surface area contributed by atoms with E-state index in [9.17, 15) is 14.7 Å². The highest BCUT2D eigenvalue weighted by molar-refractivity contribution is 5.96. The molecule has 1 amide bonds. The van der Waals surface area contributed by atoms with Gasteiger partial charge in [0.25, 0.3) is 5.91 Å². The van der Waals surface area contributed by atoms with Crippen molar-refractivity contribution in [1.82, 2.24) is 10.3 Å². The molecule has 34 heavy (non-hydrogen) atoms. The van der Waals surface area contributed by atoms with Gasteiger partial charge in [0.1, 0.15) is 11.6 Å². The molecule has 2 bridgehead atoms. The molecule has 0 spiro atoms. The van der Waals surface area contributed by atoms with Gasteiger partial charge in [-0.25, -0.2) is 9.78 Å². The lowest BCUT2D eigenvalue weighted by molar-refractivity contribution is 0.0525. The molecule has 2 saturated heterocycles. The Morgan fingerprint density at radius 3 is 2.56 bits per heavy atom. The Morgan fingerprint density at radius 2 is 1.94 bits per heavy atom. The number of methoxy groups -OCH3 is 1. The molecule has 2 aromatic rings. The number of nitrogens with one attached hydrogen (secondary N) is 1. The number of aliphatic hydroxyl groups excluding tert-OH is 1. The van der Waals surface area contributed by atoms with Gasteiger partial charge in [0.15, 0.2) is 0 Å².